The van der Waals surface area contributed by atoms with Crippen molar-refractivity contribution in [1.29, 1.82) is 0 Å². The van der Waals surface area contributed by atoms with Gasteiger partial charge in [0.25, 0.3) is 10.0 Å². The Hall–Kier alpha value is -3.27. The average Bonchev–Trinajstić information content (AvgIpc) is 3.00. The van der Waals surface area contributed by atoms with Gasteiger partial charge >= 0.3 is 0 Å². The van der Waals surface area contributed by atoms with Crippen LogP contribution in [0.15, 0.2) is 77.7 Å². The minimum Gasteiger partial charge on any atom is -0.495 e. The third-order valence-electron chi connectivity index (χ3n) is 7.47. The fourth-order valence-corrected chi connectivity index (χ4v) is 7.04. The van der Waals surface area contributed by atoms with Gasteiger partial charge in [0.15, 0.2) is 0 Å². The second-order valence-electron chi connectivity index (χ2n) is 10.2. The molecule has 1 atom stereocenters. The lowest BCUT2D eigenvalue weighted by Gasteiger charge is -2.33. The van der Waals surface area contributed by atoms with Gasteiger partial charge in [0.05, 0.1) is 17.7 Å². The number of amides is 2. The van der Waals surface area contributed by atoms with Crippen LogP contribution in [0.5, 0.6) is 5.75 Å². The van der Waals surface area contributed by atoms with E-state index in [4.69, 9.17) is 27.9 Å². The zero-order valence-electron chi connectivity index (χ0n) is 23.6. The first-order valence-corrected chi connectivity index (χ1v) is 16.1. The highest BCUT2D eigenvalue weighted by atomic mass is 35.5. The molecule has 0 saturated heterocycles. The molecule has 1 N–H and O–H groups in total. The number of benzene rings is 3. The fourth-order valence-electron chi connectivity index (χ4n) is 5.07. The van der Waals surface area contributed by atoms with E-state index >= 15 is 0 Å². The molecule has 42 heavy (non-hydrogen) atoms. The predicted octanol–water partition coefficient (Wildman–Crippen LogP) is 6.06. The van der Waals surface area contributed by atoms with Crippen LogP contribution < -0.4 is 14.4 Å². The number of methoxy groups -OCH3 is 1. The highest BCUT2D eigenvalue weighted by Gasteiger charge is 2.34. The number of halogens is 2. The number of anilines is 1. The van der Waals surface area contributed by atoms with Crippen molar-refractivity contribution >= 4 is 50.7 Å². The summed E-state index contributed by atoms with van der Waals surface area (Å²) >= 11 is 12.9. The van der Waals surface area contributed by atoms with Crippen molar-refractivity contribution in [2.45, 2.75) is 62.6 Å². The van der Waals surface area contributed by atoms with Crippen LogP contribution >= 0.6 is 23.2 Å². The molecule has 11 heteroatoms. The van der Waals surface area contributed by atoms with Crippen LogP contribution in [-0.2, 0) is 26.2 Å². The van der Waals surface area contributed by atoms with Gasteiger partial charge in [-0.25, -0.2) is 8.42 Å². The van der Waals surface area contributed by atoms with E-state index in [9.17, 15) is 18.0 Å². The largest absolute Gasteiger partial charge is 0.495 e. The van der Waals surface area contributed by atoms with E-state index in [1.54, 1.807) is 67.6 Å². The Morgan fingerprint density at radius 3 is 2.19 bits per heavy atom. The van der Waals surface area contributed by atoms with Crippen LogP contribution in [0.25, 0.3) is 0 Å². The van der Waals surface area contributed by atoms with E-state index in [0.717, 1.165) is 36.4 Å². The summed E-state index contributed by atoms with van der Waals surface area (Å²) in [5, 5.41) is 3.74. The Morgan fingerprint density at radius 2 is 1.55 bits per heavy atom. The molecular weight excluding hydrogens is 597 g/mol. The lowest BCUT2D eigenvalue weighted by molar-refractivity contribution is -0.139. The molecule has 0 heterocycles. The molecule has 0 unspecified atom stereocenters. The summed E-state index contributed by atoms with van der Waals surface area (Å²) in [5.41, 5.74) is 0.647. The number of hydrogen-bond acceptors (Lipinski definition) is 5. The van der Waals surface area contributed by atoms with Gasteiger partial charge in [-0.3, -0.25) is 13.9 Å². The van der Waals surface area contributed by atoms with Crippen LogP contribution in [0.4, 0.5) is 5.69 Å². The highest BCUT2D eigenvalue weighted by molar-refractivity contribution is 7.92. The number of ether oxygens (including phenoxy) is 1. The quantitative estimate of drug-likeness (QED) is 0.277. The minimum absolute atomic E-state index is 0.00694. The zero-order valence-corrected chi connectivity index (χ0v) is 26.0. The van der Waals surface area contributed by atoms with Crippen LogP contribution in [-0.4, -0.2) is 50.9 Å². The van der Waals surface area contributed by atoms with Gasteiger partial charge in [-0.2, -0.15) is 0 Å². The van der Waals surface area contributed by atoms with Gasteiger partial charge in [-0.15, -0.1) is 0 Å². The number of para-hydroxylation sites is 2. The van der Waals surface area contributed by atoms with E-state index in [1.165, 1.54) is 24.1 Å². The standard InChI is InChI=1S/C31H35Cl2N3O5S/c1-22(31(38)34-23-12-5-3-6-13-23)35(20-25-26(32)16-11-17-27(25)33)30(37)21-36(28-18-9-10-19-29(28)41-2)42(39,40)24-14-7-4-8-15-24/h4,7-11,14-19,22-23H,3,5-6,12-13,20-21H2,1-2H3,(H,34,38)/t22-/m0/s1. The summed E-state index contributed by atoms with van der Waals surface area (Å²) in [6.45, 7) is 0.933. The van der Waals surface area contributed by atoms with Crippen molar-refractivity contribution in [1.82, 2.24) is 10.2 Å². The smallest absolute Gasteiger partial charge is 0.264 e. The highest BCUT2D eigenvalue weighted by Crippen LogP contribution is 2.33. The van der Waals surface area contributed by atoms with E-state index < -0.39 is 28.5 Å². The van der Waals surface area contributed by atoms with E-state index in [-0.39, 0.29) is 34.8 Å². The van der Waals surface area contributed by atoms with Crippen LogP contribution in [0.2, 0.25) is 10.0 Å². The Kier molecular flexibility index (Phi) is 10.8. The molecule has 4 rings (SSSR count). The third kappa shape index (κ3) is 7.38. The van der Waals surface area contributed by atoms with Gasteiger partial charge in [-0.1, -0.05) is 78.9 Å². The Balaban J connectivity index is 1.73. The predicted molar refractivity (Wildman–Crippen MR) is 165 cm³/mol. The van der Waals surface area contributed by atoms with Crippen LogP contribution in [0.3, 0.4) is 0 Å². The van der Waals surface area contributed by atoms with Crippen molar-refractivity contribution in [3.63, 3.8) is 0 Å². The first-order chi connectivity index (χ1) is 20.1. The second kappa shape index (κ2) is 14.3. The molecule has 0 aromatic heterocycles. The normalized spacial score (nSPS) is 14.6. The van der Waals surface area contributed by atoms with Crippen molar-refractivity contribution in [3.05, 3.63) is 88.4 Å². The maximum absolute atomic E-state index is 14.2. The number of carbonyl (C=O) groups is 2. The molecule has 2 amide bonds. The second-order valence-corrected chi connectivity index (χ2v) is 12.9. The number of hydrogen-bond donors (Lipinski definition) is 1. The summed E-state index contributed by atoms with van der Waals surface area (Å²) in [7, 11) is -2.79. The summed E-state index contributed by atoms with van der Waals surface area (Å²) in [6.07, 6.45) is 4.94. The molecule has 1 aliphatic rings. The van der Waals surface area contributed by atoms with Crippen molar-refractivity contribution in [2.24, 2.45) is 0 Å². The Bertz CT molecular complexity index is 1480. The Morgan fingerprint density at radius 1 is 0.929 bits per heavy atom. The number of sulfonamides is 1. The molecule has 3 aromatic carbocycles. The van der Waals surface area contributed by atoms with E-state index in [1.807, 2.05) is 0 Å². The molecule has 1 saturated carbocycles. The third-order valence-corrected chi connectivity index (χ3v) is 9.96. The SMILES string of the molecule is COc1ccccc1N(CC(=O)N(Cc1c(Cl)cccc1Cl)[C@@H](C)C(=O)NC1CCCCC1)S(=O)(=O)c1ccccc1. The summed E-state index contributed by atoms with van der Waals surface area (Å²) < 4.78 is 34.4. The molecule has 0 aliphatic heterocycles. The topological polar surface area (TPSA) is 96.0 Å². The summed E-state index contributed by atoms with van der Waals surface area (Å²) in [4.78, 5) is 29.0. The van der Waals surface area contributed by atoms with Gasteiger partial charge in [0.1, 0.15) is 18.3 Å². The summed E-state index contributed by atoms with van der Waals surface area (Å²) in [6, 6.07) is 18.5. The lowest BCUT2D eigenvalue weighted by Crippen LogP contribution is -2.53. The van der Waals surface area contributed by atoms with E-state index in [0.29, 0.717) is 15.6 Å². The van der Waals surface area contributed by atoms with Gasteiger partial charge in [-0.05, 0) is 56.2 Å². The first-order valence-electron chi connectivity index (χ1n) is 13.9. The molecule has 3 aromatic rings. The van der Waals surface area contributed by atoms with Gasteiger partial charge in [0.2, 0.25) is 11.8 Å². The number of carbonyl (C=O) groups excluding carboxylic acids is 2. The minimum atomic E-state index is -4.22. The molecule has 224 valence electrons. The molecule has 1 fully saturated rings. The fraction of sp³-hybridized carbons (Fsp3) is 0.355. The van der Waals surface area contributed by atoms with Crippen molar-refractivity contribution < 1.29 is 22.7 Å². The molecule has 0 radical (unpaired) electrons. The maximum Gasteiger partial charge on any atom is 0.264 e. The number of rotatable bonds is 11. The van der Waals surface area contributed by atoms with Gasteiger partial charge in [0, 0.05) is 28.2 Å². The molecule has 0 spiro atoms. The Labute approximate surface area is 257 Å². The van der Waals surface area contributed by atoms with Gasteiger partial charge < -0.3 is 15.0 Å². The molecule has 1 aliphatic carbocycles. The van der Waals surface area contributed by atoms with Crippen molar-refractivity contribution in [3.8, 4) is 5.75 Å². The molecule has 0 bridgehead atoms. The average molecular weight is 633 g/mol. The number of nitrogens with one attached hydrogen (secondary N) is 1. The monoisotopic (exact) mass is 631 g/mol. The van der Waals surface area contributed by atoms with Crippen LogP contribution in [0, 0.1) is 0 Å². The summed E-state index contributed by atoms with van der Waals surface area (Å²) in [5.74, 6) is -0.663. The van der Waals surface area contributed by atoms with Crippen molar-refractivity contribution in [2.75, 3.05) is 18.0 Å². The zero-order chi connectivity index (χ0) is 30.3. The molecule has 8 nitrogen and oxygen atoms in total. The lowest BCUT2D eigenvalue weighted by atomic mass is 9.95. The maximum atomic E-state index is 14.2. The van der Waals surface area contributed by atoms with E-state index in [2.05, 4.69) is 5.32 Å². The first kappa shape index (κ1) is 31.7. The number of nitrogens with zero attached hydrogens (tertiary/aromatic N) is 2. The molecular formula is C31H35Cl2N3O5S. The van der Waals surface area contributed by atoms with Crippen LogP contribution in [0.1, 0.15) is 44.6 Å².